The van der Waals surface area contributed by atoms with Gasteiger partial charge >= 0.3 is 0 Å². The van der Waals surface area contributed by atoms with Gasteiger partial charge in [0.1, 0.15) is 5.69 Å². The zero-order valence-electron chi connectivity index (χ0n) is 15.5. The summed E-state index contributed by atoms with van der Waals surface area (Å²) in [5.41, 5.74) is 0.832. The number of piperidine rings is 1. The van der Waals surface area contributed by atoms with Crippen LogP contribution in [0.25, 0.3) is 10.8 Å². The maximum absolute atomic E-state index is 13.2. The number of ether oxygens (including phenoxy) is 1. The number of pyridine rings is 1. The highest BCUT2D eigenvalue weighted by Crippen LogP contribution is 2.39. The Balaban J connectivity index is 1.50. The average molecular weight is 353 g/mol. The number of benzene rings is 1. The van der Waals surface area contributed by atoms with Crippen molar-refractivity contribution >= 4 is 16.7 Å². The molecule has 138 valence electrons. The number of hydrogen-bond acceptors (Lipinski definition) is 4. The summed E-state index contributed by atoms with van der Waals surface area (Å²) in [5, 5.41) is 2.02. The molecule has 2 aliphatic heterocycles. The third kappa shape index (κ3) is 3.33. The van der Waals surface area contributed by atoms with E-state index in [-0.39, 0.29) is 11.3 Å². The topological polar surface area (TPSA) is 45.7 Å². The lowest BCUT2D eigenvalue weighted by Gasteiger charge is -2.40. The van der Waals surface area contributed by atoms with Crippen LogP contribution in [0.15, 0.2) is 36.5 Å². The Bertz CT molecular complexity index is 788. The van der Waals surface area contributed by atoms with E-state index in [2.05, 4.69) is 9.88 Å². The van der Waals surface area contributed by atoms with Crippen molar-refractivity contribution in [3.05, 3.63) is 42.2 Å². The van der Waals surface area contributed by atoms with Gasteiger partial charge in [-0.1, -0.05) is 24.3 Å². The molecule has 1 aromatic carbocycles. The molecular weight excluding hydrogens is 326 g/mol. The third-order valence-corrected chi connectivity index (χ3v) is 5.95. The fourth-order valence-electron chi connectivity index (χ4n) is 4.60. The molecule has 0 aliphatic carbocycles. The summed E-state index contributed by atoms with van der Waals surface area (Å²) in [6, 6.07) is 9.97. The average Bonchev–Trinajstić information content (AvgIpc) is 3.08. The largest absolute Gasteiger partial charge is 0.383 e. The maximum Gasteiger partial charge on any atom is 0.273 e. The maximum atomic E-state index is 13.2. The summed E-state index contributed by atoms with van der Waals surface area (Å²) in [6.07, 6.45) is 5.25. The van der Waals surface area contributed by atoms with Gasteiger partial charge in [0, 0.05) is 50.3 Å². The monoisotopic (exact) mass is 353 g/mol. The molecule has 0 radical (unpaired) electrons. The second-order valence-corrected chi connectivity index (χ2v) is 7.73. The molecule has 2 fully saturated rings. The van der Waals surface area contributed by atoms with Gasteiger partial charge in [-0.3, -0.25) is 9.78 Å². The van der Waals surface area contributed by atoms with E-state index in [0.717, 1.165) is 56.5 Å². The third-order valence-electron chi connectivity index (χ3n) is 5.95. The van der Waals surface area contributed by atoms with E-state index >= 15 is 0 Å². The van der Waals surface area contributed by atoms with Crippen LogP contribution in [-0.2, 0) is 4.74 Å². The molecule has 1 spiro atoms. The van der Waals surface area contributed by atoms with E-state index in [4.69, 9.17) is 4.74 Å². The van der Waals surface area contributed by atoms with Gasteiger partial charge < -0.3 is 14.5 Å². The van der Waals surface area contributed by atoms with E-state index in [1.807, 2.05) is 35.2 Å². The van der Waals surface area contributed by atoms with Crippen molar-refractivity contribution in [3.63, 3.8) is 0 Å². The first-order valence-corrected chi connectivity index (χ1v) is 9.55. The Hall–Kier alpha value is -1.98. The first kappa shape index (κ1) is 17.4. The number of carbonyl (C=O) groups excluding carboxylic acids is 1. The molecule has 1 atom stereocenters. The SMILES string of the molecule is COCCN1CCC[C@@]2(CCN(C(=O)c3nccc4ccccc34)C2)C1. The Kier molecular flexibility index (Phi) is 4.92. The molecule has 4 rings (SSSR count). The molecule has 5 nitrogen and oxygen atoms in total. The fraction of sp³-hybridized carbons (Fsp3) is 0.524. The van der Waals surface area contributed by atoms with Gasteiger partial charge in [-0.05, 0) is 37.3 Å². The molecule has 0 unspecified atom stereocenters. The summed E-state index contributed by atoms with van der Waals surface area (Å²) in [6.45, 7) is 5.66. The molecule has 5 heteroatoms. The standard InChI is InChI=1S/C21H27N3O2/c1-26-14-13-23-11-4-8-21(15-23)9-12-24(16-21)20(25)19-18-6-3-2-5-17(18)7-10-22-19/h2-3,5-7,10H,4,8-9,11-16H2,1H3/t21-/m1/s1. The van der Waals surface area contributed by atoms with Crippen LogP contribution in [-0.4, -0.2) is 67.1 Å². The number of hydrogen-bond donors (Lipinski definition) is 0. The summed E-state index contributed by atoms with van der Waals surface area (Å²) in [7, 11) is 1.76. The van der Waals surface area contributed by atoms with Gasteiger partial charge in [0.15, 0.2) is 0 Å². The predicted molar refractivity (Wildman–Crippen MR) is 102 cm³/mol. The van der Waals surface area contributed by atoms with E-state index in [1.165, 1.54) is 12.8 Å². The summed E-state index contributed by atoms with van der Waals surface area (Å²) < 4.78 is 5.24. The van der Waals surface area contributed by atoms with Crippen molar-refractivity contribution in [1.82, 2.24) is 14.8 Å². The lowest BCUT2D eigenvalue weighted by molar-refractivity contribution is 0.0599. The first-order chi connectivity index (χ1) is 12.7. The smallest absolute Gasteiger partial charge is 0.273 e. The normalized spacial score (nSPS) is 23.8. The van der Waals surface area contributed by atoms with Gasteiger partial charge in [0.25, 0.3) is 5.91 Å². The highest BCUT2D eigenvalue weighted by Gasteiger charge is 2.43. The summed E-state index contributed by atoms with van der Waals surface area (Å²) >= 11 is 0. The minimum atomic E-state index is 0.0766. The van der Waals surface area contributed by atoms with Crippen molar-refractivity contribution in [1.29, 1.82) is 0 Å². The first-order valence-electron chi connectivity index (χ1n) is 9.55. The highest BCUT2D eigenvalue weighted by atomic mass is 16.5. The van der Waals surface area contributed by atoms with Crippen LogP contribution in [0.1, 0.15) is 29.8 Å². The molecule has 2 aliphatic rings. The van der Waals surface area contributed by atoms with Gasteiger partial charge in [0.2, 0.25) is 0 Å². The Morgan fingerprint density at radius 3 is 2.96 bits per heavy atom. The molecule has 2 aromatic rings. The molecular formula is C21H27N3O2. The fourth-order valence-corrected chi connectivity index (χ4v) is 4.60. The van der Waals surface area contributed by atoms with Gasteiger partial charge in [-0.15, -0.1) is 0 Å². The molecule has 0 bridgehead atoms. The molecule has 2 saturated heterocycles. The van der Waals surface area contributed by atoms with Crippen LogP contribution < -0.4 is 0 Å². The van der Waals surface area contributed by atoms with Crippen molar-refractivity contribution in [2.45, 2.75) is 19.3 Å². The number of aromatic nitrogens is 1. The summed E-state index contributed by atoms with van der Waals surface area (Å²) in [5.74, 6) is 0.0766. The van der Waals surface area contributed by atoms with Gasteiger partial charge in [0.05, 0.1) is 6.61 Å². The van der Waals surface area contributed by atoms with Crippen LogP contribution >= 0.6 is 0 Å². The molecule has 0 N–H and O–H groups in total. The number of methoxy groups -OCH3 is 1. The lowest BCUT2D eigenvalue weighted by Crippen LogP contribution is -2.46. The van der Waals surface area contributed by atoms with Crippen LogP contribution in [0.4, 0.5) is 0 Å². The minimum absolute atomic E-state index is 0.0766. The number of fused-ring (bicyclic) bond motifs is 1. The quantitative estimate of drug-likeness (QED) is 0.848. The number of nitrogens with zero attached hydrogens (tertiary/aromatic N) is 3. The minimum Gasteiger partial charge on any atom is -0.383 e. The van der Waals surface area contributed by atoms with E-state index in [1.54, 1.807) is 13.3 Å². The molecule has 1 amide bonds. The summed E-state index contributed by atoms with van der Waals surface area (Å²) in [4.78, 5) is 22.1. The number of amides is 1. The second kappa shape index (κ2) is 7.33. The zero-order valence-corrected chi connectivity index (χ0v) is 15.5. The van der Waals surface area contributed by atoms with Crippen molar-refractivity contribution in [3.8, 4) is 0 Å². The number of rotatable bonds is 4. The van der Waals surface area contributed by atoms with Crippen LogP contribution in [0.5, 0.6) is 0 Å². The molecule has 0 saturated carbocycles. The van der Waals surface area contributed by atoms with E-state index < -0.39 is 0 Å². The van der Waals surface area contributed by atoms with Gasteiger partial charge in [-0.2, -0.15) is 0 Å². The number of carbonyl (C=O) groups is 1. The Morgan fingerprint density at radius 1 is 1.19 bits per heavy atom. The molecule has 26 heavy (non-hydrogen) atoms. The number of likely N-dealkylation sites (tertiary alicyclic amines) is 2. The predicted octanol–water partition coefficient (Wildman–Crippen LogP) is 2.81. The zero-order chi connectivity index (χ0) is 18.0. The Labute approximate surface area is 154 Å². The van der Waals surface area contributed by atoms with Crippen molar-refractivity contribution in [2.75, 3.05) is 46.4 Å². The van der Waals surface area contributed by atoms with Gasteiger partial charge in [-0.25, -0.2) is 0 Å². The van der Waals surface area contributed by atoms with Crippen LogP contribution in [0, 0.1) is 5.41 Å². The highest BCUT2D eigenvalue weighted by molar-refractivity contribution is 6.05. The van der Waals surface area contributed by atoms with Crippen LogP contribution in [0.2, 0.25) is 0 Å². The lowest BCUT2D eigenvalue weighted by atomic mass is 9.79. The Morgan fingerprint density at radius 2 is 2.08 bits per heavy atom. The van der Waals surface area contributed by atoms with E-state index in [0.29, 0.717) is 5.69 Å². The molecule has 1 aromatic heterocycles. The van der Waals surface area contributed by atoms with Crippen molar-refractivity contribution < 1.29 is 9.53 Å². The van der Waals surface area contributed by atoms with E-state index in [9.17, 15) is 4.79 Å². The second-order valence-electron chi connectivity index (χ2n) is 7.73. The van der Waals surface area contributed by atoms with Crippen LogP contribution in [0.3, 0.4) is 0 Å². The molecule has 3 heterocycles. The van der Waals surface area contributed by atoms with Crippen molar-refractivity contribution in [2.24, 2.45) is 5.41 Å².